The van der Waals surface area contributed by atoms with Crippen LogP contribution in [-0.4, -0.2) is 11.7 Å². The van der Waals surface area contributed by atoms with Crippen LogP contribution in [0.15, 0.2) is 18.2 Å². The van der Waals surface area contributed by atoms with Gasteiger partial charge in [-0.2, -0.15) is 0 Å². The molecule has 0 aliphatic rings. The van der Waals surface area contributed by atoms with Crippen LogP contribution in [0, 0.1) is 5.82 Å². The van der Waals surface area contributed by atoms with Crippen LogP contribution in [0.25, 0.3) is 0 Å². The zero-order chi connectivity index (χ0) is 9.68. The number of aliphatic hydroxyl groups excluding tert-OH is 1. The first-order valence-corrected chi connectivity index (χ1v) is 4.66. The Bertz CT molecular complexity index is 276. The molecule has 0 fully saturated rings. The first-order chi connectivity index (χ1) is 6.24. The van der Waals surface area contributed by atoms with Crippen molar-refractivity contribution >= 4 is 11.6 Å². The molecule has 0 atom stereocenters. The van der Waals surface area contributed by atoms with E-state index in [1.165, 1.54) is 12.1 Å². The van der Waals surface area contributed by atoms with Crippen molar-refractivity contribution < 1.29 is 9.50 Å². The van der Waals surface area contributed by atoms with Gasteiger partial charge >= 0.3 is 0 Å². The highest BCUT2D eigenvalue weighted by atomic mass is 35.5. The summed E-state index contributed by atoms with van der Waals surface area (Å²) in [7, 11) is 0. The molecule has 0 amide bonds. The van der Waals surface area contributed by atoms with Crippen LogP contribution in [0.2, 0.25) is 5.02 Å². The Morgan fingerprint density at radius 1 is 1.31 bits per heavy atom. The Labute approximate surface area is 82.2 Å². The molecule has 0 saturated carbocycles. The van der Waals surface area contributed by atoms with E-state index in [4.69, 9.17) is 16.7 Å². The molecule has 0 bridgehead atoms. The minimum atomic E-state index is -0.261. The van der Waals surface area contributed by atoms with Crippen molar-refractivity contribution in [2.45, 2.75) is 19.3 Å². The van der Waals surface area contributed by atoms with Crippen molar-refractivity contribution in [3.63, 3.8) is 0 Å². The Balaban J connectivity index is 2.59. The third kappa shape index (κ3) is 3.33. The highest BCUT2D eigenvalue weighted by Crippen LogP contribution is 2.18. The van der Waals surface area contributed by atoms with E-state index < -0.39 is 0 Å². The summed E-state index contributed by atoms with van der Waals surface area (Å²) in [6.45, 7) is 0.174. The normalized spacial score (nSPS) is 10.4. The van der Waals surface area contributed by atoms with Crippen molar-refractivity contribution in [2.24, 2.45) is 0 Å². The fraction of sp³-hybridized carbons (Fsp3) is 0.400. The lowest BCUT2D eigenvalue weighted by Gasteiger charge is -2.03. The number of hydrogen-bond donors (Lipinski definition) is 1. The van der Waals surface area contributed by atoms with Gasteiger partial charge in [-0.25, -0.2) is 4.39 Å². The Kier molecular flexibility index (Phi) is 4.19. The monoisotopic (exact) mass is 202 g/mol. The van der Waals surface area contributed by atoms with Crippen molar-refractivity contribution in [1.29, 1.82) is 0 Å². The maximum absolute atomic E-state index is 12.7. The van der Waals surface area contributed by atoms with Gasteiger partial charge in [0.05, 0.1) is 0 Å². The molecule has 0 heterocycles. The van der Waals surface area contributed by atoms with Crippen LogP contribution < -0.4 is 0 Å². The summed E-state index contributed by atoms with van der Waals surface area (Å²) in [6, 6.07) is 4.35. The van der Waals surface area contributed by atoms with Crippen LogP contribution in [-0.2, 0) is 6.42 Å². The van der Waals surface area contributed by atoms with Gasteiger partial charge in [0.15, 0.2) is 0 Å². The molecular weight excluding hydrogens is 191 g/mol. The molecule has 1 aromatic carbocycles. The Morgan fingerprint density at radius 2 is 2.08 bits per heavy atom. The van der Waals surface area contributed by atoms with Gasteiger partial charge in [-0.15, -0.1) is 0 Å². The molecular formula is C10H12ClFO. The average molecular weight is 203 g/mol. The summed E-state index contributed by atoms with van der Waals surface area (Å²) in [5.74, 6) is -0.261. The first kappa shape index (κ1) is 10.5. The van der Waals surface area contributed by atoms with Crippen LogP contribution in [0.4, 0.5) is 4.39 Å². The molecule has 0 aromatic heterocycles. The van der Waals surface area contributed by atoms with Gasteiger partial charge in [0.25, 0.3) is 0 Å². The molecule has 0 aliphatic heterocycles. The van der Waals surface area contributed by atoms with Crippen molar-refractivity contribution in [1.82, 2.24) is 0 Å². The lowest BCUT2D eigenvalue weighted by molar-refractivity contribution is 0.284. The van der Waals surface area contributed by atoms with Gasteiger partial charge in [0.1, 0.15) is 5.82 Å². The van der Waals surface area contributed by atoms with Crippen molar-refractivity contribution in [2.75, 3.05) is 6.61 Å². The summed E-state index contributed by atoms with van der Waals surface area (Å²) in [6.07, 6.45) is 2.28. The molecule has 13 heavy (non-hydrogen) atoms. The Hall–Kier alpha value is -0.600. The van der Waals surface area contributed by atoms with Gasteiger partial charge in [-0.05, 0) is 43.0 Å². The van der Waals surface area contributed by atoms with Crippen molar-refractivity contribution in [3.8, 4) is 0 Å². The topological polar surface area (TPSA) is 20.2 Å². The van der Waals surface area contributed by atoms with Gasteiger partial charge in [-0.1, -0.05) is 11.6 Å². The second-order valence-corrected chi connectivity index (χ2v) is 3.32. The minimum Gasteiger partial charge on any atom is -0.396 e. The molecule has 0 aliphatic carbocycles. The van der Waals surface area contributed by atoms with Gasteiger partial charge in [0.2, 0.25) is 0 Å². The SMILES string of the molecule is OCCCCc1cc(F)ccc1Cl. The van der Waals surface area contributed by atoms with E-state index in [2.05, 4.69) is 0 Å². The number of benzene rings is 1. The van der Waals surface area contributed by atoms with E-state index in [-0.39, 0.29) is 12.4 Å². The summed E-state index contributed by atoms with van der Waals surface area (Å²) in [5, 5.41) is 9.16. The predicted octanol–water partition coefficient (Wildman–Crippen LogP) is 2.79. The second-order valence-electron chi connectivity index (χ2n) is 2.92. The standard InChI is InChI=1S/C10H12ClFO/c11-10-5-4-9(12)7-8(10)3-1-2-6-13/h4-5,7,13H,1-3,6H2. The van der Waals surface area contributed by atoms with Crippen LogP contribution in [0.3, 0.4) is 0 Å². The molecule has 0 spiro atoms. The first-order valence-electron chi connectivity index (χ1n) is 4.29. The smallest absolute Gasteiger partial charge is 0.123 e. The number of halogens is 2. The maximum Gasteiger partial charge on any atom is 0.123 e. The molecule has 0 saturated heterocycles. The fourth-order valence-electron chi connectivity index (χ4n) is 1.16. The summed E-state index contributed by atoms with van der Waals surface area (Å²) in [5.41, 5.74) is 0.815. The van der Waals surface area contributed by atoms with Gasteiger partial charge in [-0.3, -0.25) is 0 Å². The molecule has 3 heteroatoms. The van der Waals surface area contributed by atoms with Gasteiger partial charge < -0.3 is 5.11 Å². The summed E-state index contributed by atoms with van der Waals surface area (Å²) < 4.78 is 12.7. The molecule has 1 aromatic rings. The van der Waals surface area contributed by atoms with Gasteiger partial charge in [0, 0.05) is 11.6 Å². The quantitative estimate of drug-likeness (QED) is 0.745. The highest BCUT2D eigenvalue weighted by molar-refractivity contribution is 6.31. The molecule has 0 unspecified atom stereocenters. The number of rotatable bonds is 4. The van der Waals surface area contributed by atoms with E-state index in [9.17, 15) is 4.39 Å². The van der Waals surface area contributed by atoms with Crippen LogP contribution in [0.1, 0.15) is 18.4 Å². The number of aliphatic hydroxyl groups is 1. The maximum atomic E-state index is 12.7. The largest absolute Gasteiger partial charge is 0.396 e. The molecule has 1 rings (SSSR count). The van der Waals surface area contributed by atoms with Crippen molar-refractivity contribution in [3.05, 3.63) is 34.6 Å². The van der Waals surface area contributed by atoms with E-state index in [1.807, 2.05) is 0 Å². The van der Waals surface area contributed by atoms with E-state index in [0.717, 1.165) is 24.8 Å². The third-order valence-electron chi connectivity index (χ3n) is 1.86. The molecule has 72 valence electrons. The van der Waals surface area contributed by atoms with E-state index in [1.54, 1.807) is 6.07 Å². The number of aryl methyl sites for hydroxylation is 1. The van der Waals surface area contributed by atoms with E-state index in [0.29, 0.717) is 5.02 Å². The van der Waals surface area contributed by atoms with Crippen LogP contribution in [0.5, 0.6) is 0 Å². The third-order valence-corrected chi connectivity index (χ3v) is 2.23. The van der Waals surface area contributed by atoms with Crippen LogP contribution >= 0.6 is 11.6 Å². The summed E-state index contributed by atoms with van der Waals surface area (Å²) in [4.78, 5) is 0. The zero-order valence-electron chi connectivity index (χ0n) is 7.26. The lowest BCUT2D eigenvalue weighted by atomic mass is 10.1. The zero-order valence-corrected chi connectivity index (χ0v) is 8.02. The minimum absolute atomic E-state index is 0.174. The van der Waals surface area contributed by atoms with E-state index >= 15 is 0 Å². The molecule has 0 radical (unpaired) electrons. The second kappa shape index (κ2) is 5.20. The number of unbranched alkanes of at least 4 members (excludes halogenated alkanes) is 1. The predicted molar refractivity (Wildman–Crippen MR) is 51.4 cm³/mol. The highest BCUT2D eigenvalue weighted by Gasteiger charge is 2.01. The molecule has 1 N–H and O–H groups in total. The average Bonchev–Trinajstić information content (AvgIpc) is 2.11. The Morgan fingerprint density at radius 3 is 2.77 bits per heavy atom. The summed E-state index contributed by atoms with van der Waals surface area (Å²) >= 11 is 5.85. The molecule has 1 nitrogen and oxygen atoms in total. The lowest BCUT2D eigenvalue weighted by Crippen LogP contribution is -1.90. The fourth-order valence-corrected chi connectivity index (χ4v) is 1.37. The number of hydrogen-bond acceptors (Lipinski definition) is 1.